The summed E-state index contributed by atoms with van der Waals surface area (Å²) in [4.78, 5) is 14.2. The molecule has 1 saturated heterocycles. The largest absolute Gasteiger partial charge is 0.486 e. The highest BCUT2D eigenvalue weighted by atomic mass is 16.5. The number of ether oxygens (including phenoxy) is 1. The molecule has 1 amide bonds. The van der Waals surface area contributed by atoms with Gasteiger partial charge in [0.05, 0.1) is 17.7 Å². The zero-order valence-electron chi connectivity index (χ0n) is 14.0. The summed E-state index contributed by atoms with van der Waals surface area (Å²) in [5, 5.41) is 18.4. The van der Waals surface area contributed by atoms with Crippen LogP contribution in [0, 0.1) is 17.2 Å². The zero-order valence-corrected chi connectivity index (χ0v) is 14.0. The van der Waals surface area contributed by atoms with Gasteiger partial charge in [-0.1, -0.05) is 0 Å². The van der Waals surface area contributed by atoms with Crippen molar-refractivity contribution in [2.45, 2.75) is 26.1 Å². The summed E-state index contributed by atoms with van der Waals surface area (Å²) in [6.45, 7) is 3.14. The number of aliphatic hydroxyl groups excluding tert-OH is 1. The van der Waals surface area contributed by atoms with Gasteiger partial charge in [0.1, 0.15) is 18.1 Å². The van der Waals surface area contributed by atoms with Crippen LogP contribution in [0.3, 0.4) is 0 Å². The van der Waals surface area contributed by atoms with Crippen molar-refractivity contribution in [1.29, 1.82) is 5.26 Å². The molecule has 2 unspecified atom stereocenters. The summed E-state index contributed by atoms with van der Waals surface area (Å²) in [6, 6.07) is 12.2. The van der Waals surface area contributed by atoms with E-state index in [2.05, 4.69) is 0 Å². The minimum atomic E-state index is -0.411. The lowest BCUT2D eigenvalue weighted by atomic mass is 10.0. The quantitative estimate of drug-likeness (QED) is 0.904. The molecule has 25 heavy (non-hydrogen) atoms. The van der Waals surface area contributed by atoms with Gasteiger partial charge in [0.2, 0.25) is 0 Å². The first-order chi connectivity index (χ1) is 12.1. The first-order valence-corrected chi connectivity index (χ1v) is 8.26. The minimum Gasteiger partial charge on any atom is -0.486 e. The lowest BCUT2D eigenvalue weighted by molar-refractivity contribution is 0.0727. The molecule has 2 atom stereocenters. The predicted octanol–water partition coefficient (Wildman–Crippen LogP) is 2.57. The Balaban J connectivity index is 1.56. The van der Waals surface area contributed by atoms with Crippen LogP contribution >= 0.6 is 0 Å². The van der Waals surface area contributed by atoms with Crippen molar-refractivity contribution < 1.29 is 19.1 Å². The van der Waals surface area contributed by atoms with E-state index < -0.39 is 6.10 Å². The fourth-order valence-electron chi connectivity index (χ4n) is 2.87. The lowest BCUT2D eigenvalue weighted by Gasteiger charge is -2.16. The Hall–Kier alpha value is -2.78. The van der Waals surface area contributed by atoms with Gasteiger partial charge in [-0.3, -0.25) is 4.79 Å². The number of furan rings is 1. The van der Waals surface area contributed by atoms with Crippen molar-refractivity contribution in [3.63, 3.8) is 0 Å². The van der Waals surface area contributed by atoms with Crippen LogP contribution in [0.5, 0.6) is 5.75 Å². The average molecular weight is 340 g/mol. The second-order valence-corrected chi connectivity index (χ2v) is 6.23. The highest BCUT2D eigenvalue weighted by molar-refractivity contribution is 5.91. The molecule has 2 aromatic rings. The Labute approximate surface area is 146 Å². The molecule has 0 spiro atoms. The van der Waals surface area contributed by atoms with Crippen LogP contribution in [-0.2, 0) is 6.61 Å². The third-order valence-corrected chi connectivity index (χ3v) is 4.43. The summed E-state index contributed by atoms with van der Waals surface area (Å²) in [6.07, 6.45) is 0.393. The van der Waals surface area contributed by atoms with Crippen molar-refractivity contribution >= 4 is 5.91 Å². The number of carbonyl (C=O) groups excluding carboxylic acids is 1. The molecule has 3 rings (SSSR count). The Kier molecular flexibility index (Phi) is 5.05. The number of hydrogen-bond donors (Lipinski definition) is 1. The van der Waals surface area contributed by atoms with E-state index in [0.717, 1.165) is 6.42 Å². The number of carbonyl (C=O) groups is 1. The molecule has 1 aromatic carbocycles. The smallest absolute Gasteiger partial charge is 0.289 e. The molecule has 0 aliphatic carbocycles. The van der Waals surface area contributed by atoms with E-state index >= 15 is 0 Å². The monoisotopic (exact) mass is 340 g/mol. The molecular formula is C19H20N2O4. The van der Waals surface area contributed by atoms with Crippen LogP contribution in [0.1, 0.15) is 35.2 Å². The minimum absolute atomic E-state index is 0.123. The Morgan fingerprint density at radius 2 is 2.16 bits per heavy atom. The molecule has 1 aliphatic rings. The number of amides is 1. The Morgan fingerprint density at radius 3 is 2.80 bits per heavy atom. The van der Waals surface area contributed by atoms with Gasteiger partial charge in [-0.25, -0.2) is 0 Å². The molecule has 1 N–H and O–H groups in total. The first-order valence-electron chi connectivity index (χ1n) is 8.26. The van der Waals surface area contributed by atoms with Crippen LogP contribution in [0.2, 0.25) is 0 Å². The molecular weight excluding hydrogens is 320 g/mol. The van der Waals surface area contributed by atoms with Crippen LogP contribution in [0.4, 0.5) is 0 Å². The third-order valence-electron chi connectivity index (χ3n) is 4.43. The van der Waals surface area contributed by atoms with E-state index in [1.165, 1.54) is 0 Å². The van der Waals surface area contributed by atoms with Gasteiger partial charge in [0.15, 0.2) is 5.76 Å². The van der Waals surface area contributed by atoms with E-state index in [4.69, 9.17) is 14.4 Å². The molecule has 1 aliphatic heterocycles. The topological polar surface area (TPSA) is 86.7 Å². The summed E-state index contributed by atoms with van der Waals surface area (Å²) in [7, 11) is 0. The molecule has 0 radical (unpaired) electrons. The third kappa shape index (κ3) is 4.01. The summed E-state index contributed by atoms with van der Waals surface area (Å²) >= 11 is 0. The molecule has 1 aromatic heterocycles. The highest BCUT2D eigenvalue weighted by Crippen LogP contribution is 2.22. The SMILES string of the molecule is CC(O)C1CCN(C(=O)c2ccc(COc3ccc(C#N)cc3)o2)C1. The van der Waals surface area contributed by atoms with Gasteiger partial charge < -0.3 is 19.2 Å². The molecule has 1 fully saturated rings. The predicted molar refractivity (Wildman–Crippen MR) is 89.9 cm³/mol. The van der Waals surface area contributed by atoms with E-state index in [-0.39, 0.29) is 24.2 Å². The fourth-order valence-corrected chi connectivity index (χ4v) is 2.87. The number of nitrogens with zero attached hydrogens (tertiary/aromatic N) is 2. The number of nitriles is 1. The summed E-state index contributed by atoms with van der Waals surface area (Å²) < 4.78 is 11.2. The number of aliphatic hydroxyl groups is 1. The maximum absolute atomic E-state index is 12.5. The highest BCUT2D eigenvalue weighted by Gasteiger charge is 2.30. The second kappa shape index (κ2) is 7.41. The maximum atomic E-state index is 12.5. The standard InChI is InChI=1S/C19H20N2O4/c1-13(22)15-8-9-21(11-15)19(23)18-7-6-17(25-18)12-24-16-4-2-14(10-20)3-5-16/h2-7,13,15,22H,8-9,11-12H2,1H3. The van der Waals surface area contributed by atoms with E-state index in [1.54, 1.807) is 48.2 Å². The Morgan fingerprint density at radius 1 is 1.40 bits per heavy atom. The fraction of sp³-hybridized carbons (Fsp3) is 0.368. The van der Waals surface area contributed by atoms with Crippen molar-refractivity contribution in [2.75, 3.05) is 13.1 Å². The van der Waals surface area contributed by atoms with Gasteiger partial charge >= 0.3 is 0 Å². The lowest BCUT2D eigenvalue weighted by Crippen LogP contribution is -2.30. The van der Waals surface area contributed by atoms with Crippen LogP contribution in [0.25, 0.3) is 0 Å². The van der Waals surface area contributed by atoms with Crippen molar-refractivity contribution in [3.8, 4) is 11.8 Å². The van der Waals surface area contributed by atoms with Gasteiger partial charge in [0.25, 0.3) is 5.91 Å². The number of likely N-dealkylation sites (tertiary alicyclic amines) is 1. The molecule has 0 saturated carbocycles. The number of benzene rings is 1. The summed E-state index contributed by atoms with van der Waals surface area (Å²) in [5.41, 5.74) is 0.569. The number of rotatable bonds is 5. The Bertz CT molecular complexity index is 773. The normalized spacial score (nSPS) is 18.0. The molecule has 2 heterocycles. The number of hydrogen-bond acceptors (Lipinski definition) is 5. The summed E-state index contributed by atoms with van der Waals surface area (Å²) in [5.74, 6) is 1.43. The van der Waals surface area contributed by atoms with Gasteiger partial charge in [-0.2, -0.15) is 5.26 Å². The van der Waals surface area contributed by atoms with Crippen LogP contribution in [0.15, 0.2) is 40.8 Å². The van der Waals surface area contributed by atoms with Gasteiger partial charge in [-0.05, 0) is 49.7 Å². The van der Waals surface area contributed by atoms with Gasteiger partial charge in [0, 0.05) is 19.0 Å². The van der Waals surface area contributed by atoms with Crippen molar-refractivity contribution in [3.05, 3.63) is 53.5 Å². The maximum Gasteiger partial charge on any atom is 0.289 e. The first kappa shape index (κ1) is 17.1. The van der Waals surface area contributed by atoms with Gasteiger partial charge in [-0.15, -0.1) is 0 Å². The van der Waals surface area contributed by atoms with E-state index in [1.807, 2.05) is 6.07 Å². The molecule has 6 heteroatoms. The molecule has 0 bridgehead atoms. The molecule has 130 valence electrons. The zero-order chi connectivity index (χ0) is 17.8. The van der Waals surface area contributed by atoms with Crippen LogP contribution in [-0.4, -0.2) is 35.1 Å². The second-order valence-electron chi connectivity index (χ2n) is 6.23. The van der Waals surface area contributed by atoms with Crippen molar-refractivity contribution in [1.82, 2.24) is 4.90 Å². The van der Waals surface area contributed by atoms with Crippen molar-refractivity contribution in [2.24, 2.45) is 5.92 Å². The van der Waals surface area contributed by atoms with E-state index in [9.17, 15) is 9.90 Å². The van der Waals surface area contributed by atoms with E-state index in [0.29, 0.717) is 30.2 Å². The average Bonchev–Trinajstić information content (AvgIpc) is 3.29. The molecule has 6 nitrogen and oxygen atoms in total. The van der Waals surface area contributed by atoms with Crippen LogP contribution < -0.4 is 4.74 Å².